The van der Waals surface area contributed by atoms with Gasteiger partial charge in [-0.05, 0) is 18.8 Å². The van der Waals surface area contributed by atoms with Crippen molar-refractivity contribution in [1.29, 1.82) is 5.26 Å². The van der Waals surface area contributed by atoms with Crippen molar-refractivity contribution in [3.63, 3.8) is 0 Å². The molecule has 2 atom stereocenters. The SMILES string of the molecule is Cn1c(-c2ccccc2)nc2c(c1=O)CCC1CC(=O)C(C#N)=CC21C. The van der Waals surface area contributed by atoms with Gasteiger partial charge in [-0.3, -0.25) is 14.2 Å². The second-order valence-electron chi connectivity index (χ2n) is 7.31. The molecule has 0 bridgehead atoms. The summed E-state index contributed by atoms with van der Waals surface area (Å²) in [5, 5.41) is 9.32. The fraction of sp³-hybridized carbons (Fsp3) is 0.333. The number of hydrogen-bond donors (Lipinski definition) is 0. The number of nitrogens with zero attached hydrogens (tertiary/aromatic N) is 3. The molecular formula is C21H19N3O2. The van der Waals surface area contributed by atoms with E-state index in [9.17, 15) is 14.9 Å². The lowest BCUT2D eigenvalue weighted by molar-refractivity contribution is -0.117. The first-order valence-electron chi connectivity index (χ1n) is 8.77. The number of allylic oxidation sites excluding steroid dienone is 2. The van der Waals surface area contributed by atoms with Crippen LogP contribution >= 0.6 is 0 Å². The van der Waals surface area contributed by atoms with Gasteiger partial charge in [-0.1, -0.05) is 43.3 Å². The van der Waals surface area contributed by atoms with Gasteiger partial charge in [0.05, 0.1) is 11.3 Å². The molecule has 130 valence electrons. The zero-order valence-electron chi connectivity index (χ0n) is 14.8. The molecular weight excluding hydrogens is 326 g/mol. The molecule has 1 aromatic heterocycles. The Hall–Kier alpha value is -3.00. The molecule has 0 radical (unpaired) electrons. The van der Waals surface area contributed by atoms with Gasteiger partial charge < -0.3 is 0 Å². The van der Waals surface area contributed by atoms with Gasteiger partial charge in [0.15, 0.2) is 5.78 Å². The Morgan fingerprint density at radius 2 is 2.00 bits per heavy atom. The third-order valence-electron chi connectivity index (χ3n) is 5.81. The van der Waals surface area contributed by atoms with Gasteiger partial charge in [0, 0.05) is 30.0 Å². The van der Waals surface area contributed by atoms with E-state index in [0.717, 1.165) is 17.7 Å². The molecule has 0 N–H and O–H groups in total. The average molecular weight is 345 g/mol. The van der Waals surface area contributed by atoms with E-state index >= 15 is 0 Å². The van der Waals surface area contributed by atoms with E-state index in [1.807, 2.05) is 43.3 Å². The normalized spacial score (nSPS) is 24.3. The number of nitriles is 1. The maximum Gasteiger partial charge on any atom is 0.256 e. The quantitative estimate of drug-likeness (QED) is 0.796. The molecule has 1 heterocycles. The molecule has 0 spiro atoms. The minimum atomic E-state index is -0.566. The van der Waals surface area contributed by atoms with Crippen molar-refractivity contribution in [3.8, 4) is 17.5 Å². The lowest BCUT2D eigenvalue weighted by atomic mass is 9.61. The first-order valence-corrected chi connectivity index (χ1v) is 8.77. The van der Waals surface area contributed by atoms with Crippen molar-refractivity contribution in [1.82, 2.24) is 9.55 Å². The molecule has 5 heteroatoms. The highest BCUT2D eigenvalue weighted by atomic mass is 16.1. The summed E-state index contributed by atoms with van der Waals surface area (Å²) in [5.41, 5.74) is 1.86. The van der Waals surface area contributed by atoms with Gasteiger partial charge in [0.25, 0.3) is 5.56 Å². The van der Waals surface area contributed by atoms with Crippen LogP contribution in [-0.2, 0) is 23.7 Å². The number of benzene rings is 1. The highest BCUT2D eigenvalue weighted by molar-refractivity contribution is 6.00. The molecule has 1 aromatic carbocycles. The molecule has 0 aliphatic heterocycles. The Kier molecular flexibility index (Phi) is 3.66. The highest BCUT2D eigenvalue weighted by Gasteiger charge is 2.46. The largest absolute Gasteiger partial charge is 0.296 e. The smallest absolute Gasteiger partial charge is 0.256 e. The van der Waals surface area contributed by atoms with E-state index in [2.05, 4.69) is 0 Å². The number of rotatable bonds is 1. The molecule has 26 heavy (non-hydrogen) atoms. The summed E-state index contributed by atoms with van der Waals surface area (Å²) >= 11 is 0. The van der Waals surface area contributed by atoms with Crippen LogP contribution in [0.3, 0.4) is 0 Å². The Balaban J connectivity index is 2.00. The number of carbonyl (C=O) groups is 1. The lowest BCUT2D eigenvalue weighted by Crippen LogP contribution is -2.44. The second-order valence-corrected chi connectivity index (χ2v) is 7.31. The summed E-state index contributed by atoms with van der Waals surface area (Å²) < 4.78 is 1.60. The third kappa shape index (κ3) is 2.26. The van der Waals surface area contributed by atoms with E-state index in [0.29, 0.717) is 24.2 Å². The van der Waals surface area contributed by atoms with E-state index in [1.165, 1.54) is 0 Å². The molecule has 0 amide bonds. The molecule has 2 aromatic rings. The fourth-order valence-electron chi connectivity index (χ4n) is 4.29. The summed E-state index contributed by atoms with van der Waals surface area (Å²) in [5.74, 6) is 0.577. The number of Topliss-reactive ketones (excluding diaryl/α,β-unsaturated/α-hetero) is 1. The summed E-state index contributed by atoms with van der Waals surface area (Å²) in [7, 11) is 1.74. The zero-order chi connectivity index (χ0) is 18.5. The van der Waals surface area contributed by atoms with Gasteiger partial charge in [-0.25, -0.2) is 4.98 Å². The second kappa shape index (κ2) is 5.77. The van der Waals surface area contributed by atoms with Crippen molar-refractivity contribution >= 4 is 5.78 Å². The van der Waals surface area contributed by atoms with Crippen molar-refractivity contribution in [2.45, 2.75) is 31.6 Å². The maximum atomic E-state index is 13.0. The minimum Gasteiger partial charge on any atom is -0.296 e. The van der Waals surface area contributed by atoms with Gasteiger partial charge in [0.1, 0.15) is 11.9 Å². The van der Waals surface area contributed by atoms with Crippen molar-refractivity contribution in [2.24, 2.45) is 13.0 Å². The predicted octanol–water partition coefficient (Wildman–Crippen LogP) is 2.69. The van der Waals surface area contributed by atoms with Gasteiger partial charge in [-0.15, -0.1) is 0 Å². The van der Waals surface area contributed by atoms with E-state index in [1.54, 1.807) is 17.7 Å². The molecule has 2 aliphatic carbocycles. The maximum absolute atomic E-state index is 13.0. The van der Waals surface area contributed by atoms with Crippen LogP contribution in [0.2, 0.25) is 0 Å². The Morgan fingerprint density at radius 3 is 2.69 bits per heavy atom. The number of hydrogen-bond acceptors (Lipinski definition) is 4. The van der Waals surface area contributed by atoms with Crippen LogP contribution in [0, 0.1) is 17.2 Å². The predicted molar refractivity (Wildman–Crippen MR) is 97.4 cm³/mol. The standard InChI is InChI=1S/C21H19N3O2/c1-21-11-14(12-22)17(25)10-15(21)8-9-16-18(21)23-19(24(2)20(16)26)13-6-4-3-5-7-13/h3-7,11,15H,8-10H2,1-2H3. The number of fused-ring (bicyclic) bond motifs is 3. The topological polar surface area (TPSA) is 75.8 Å². The van der Waals surface area contributed by atoms with Crippen molar-refractivity contribution < 1.29 is 4.79 Å². The van der Waals surface area contributed by atoms with Crippen LogP contribution in [0.5, 0.6) is 0 Å². The van der Waals surface area contributed by atoms with Crippen LogP contribution in [0.15, 0.2) is 46.8 Å². The van der Waals surface area contributed by atoms with Gasteiger partial charge in [-0.2, -0.15) is 5.26 Å². The fourth-order valence-corrected chi connectivity index (χ4v) is 4.29. The van der Waals surface area contributed by atoms with Crippen molar-refractivity contribution in [3.05, 3.63) is 63.6 Å². The Bertz CT molecular complexity index is 1040. The number of carbonyl (C=O) groups excluding carboxylic acids is 1. The van der Waals surface area contributed by atoms with E-state index < -0.39 is 5.41 Å². The first kappa shape index (κ1) is 16.5. The van der Waals surface area contributed by atoms with E-state index in [-0.39, 0.29) is 22.8 Å². The average Bonchev–Trinajstić information content (AvgIpc) is 2.65. The molecule has 5 nitrogen and oxygen atoms in total. The number of ketones is 1. The van der Waals surface area contributed by atoms with Gasteiger partial charge in [0.2, 0.25) is 0 Å². The Labute approximate surface area is 151 Å². The molecule has 0 saturated carbocycles. The molecule has 2 unspecified atom stereocenters. The lowest BCUT2D eigenvalue weighted by Gasteiger charge is -2.42. The molecule has 0 fully saturated rings. The van der Waals surface area contributed by atoms with Crippen LogP contribution in [-0.4, -0.2) is 15.3 Å². The van der Waals surface area contributed by atoms with Crippen LogP contribution in [0.1, 0.15) is 31.0 Å². The van der Waals surface area contributed by atoms with Gasteiger partial charge >= 0.3 is 0 Å². The van der Waals surface area contributed by atoms with Crippen LogP contribution in [0.25, 0.3) is 11.4 Å². The monoisotopic (exact) mass is 345 g/mol. The molecule has 0 saturated heterocycles. The summed E-state index contributed by atoms with van der Waals surface area (Å²) in [6, 6.07) is 11.6. The summed E-state index contributed by atoms with van der Waals surface area (Å²) in [6.07, 6.45) is 3.45. The number of aromatic nitrogens is 2. The highest BCUT2D eigenvalue weighted by Crippen LogP contribution is 2.46. The summed E-state index contributed by atoms with van der Waals surface area (Å²) in [6.45, 7) is 2.00. The molecule has 4 rings (SSSR count). The van der Waals surface area contributed by atoms with Crippen molar-refractivity contribution in [2.75, 3.05) is 0 Å². The third-order valence-corrected chi connectivity index (χ3v) is 5.81. The minimum absolute atomic E-state index is 0.0441. The van der Waals surface area contributed by atoms with Crippen LogP contribution < -0.4 is 5.56 Å². The molecule has 2 aliphatic rings. The summed E-state index contributed by atoms with van der Waals surface area (Å²) in [4.78, 5) is 30.1. The zero-order valence-corrected chi connectivity index (χ0v) is 14.8. The van der Waals surface area contributed by atoms with Crippen LogP contribution in [0.4, 0.5) is 0 Å². The first-order chi connectivity index (χ1) is 12.5. The van der Waals surface area contributed by atoms with E-state index in [4.69, 9.17) is 4.98 Å². The Morgan fingerprint density at radius 1 is 1.27 bits per heavy atom.